The summed E-state index contributed by atoms with van der Waals surface area (Å²) in [6.07, 6.45) is 1.91. The van der Waals surface area contributed by atoms with Gasteiger partial charge in [-0.25, -0.2) is 4.79 Å². The zero-order valence-electron chi connectivity index (χ0n) is 12.3. The molecule has 0 spiro atoms. The van der Waals surface area contributed by atoms with E-state index in [0.717, 1.165) is 18.2 Å². The van der Waals surface area contributed by atoms with Gasteiger partial charge in [0.1, 0.15) is 5.58 Å². The molecule has 0 unspecified atom stereocenters. The number of rotatable bonds is 3. The van der Waals surface area contributed by atoms with Crippen LogP contribution in [0.25, 0.3) is 11.0 Å². The van der Waals surface area contributed by atoms with E-state index in [2.05, 4.69) is 10.6 Å². The second-order valence-electron chi connectivity index (χ2n) is 5.76. The number of benzene rings is 1. The first-order valence-corrected chi connectivity index (χ1v) is 7.88. The van der Waals surface area contributed by atoms with Crippen LogP contribution in [0.5, 0.6) is 0 Å². The van der Waals surface area contributed by atoms with Crippen molar-refractivity contribution in [1.82, 2.24) is 10.6 Å². The molecule has 7 heteroatoms. The molecule has 2 amide bonds. The van der Waals surface area contributed by atoms with Gasteiger partial charge in [0.25, 0.3) is 5.91 Å². The van der Waals surface area contributed by atoms with Crippen LogP contribution in [0, 0.1) is 0 Å². The van der Waals surface area contributed by atoms with Gasteiger partial charge < -0.3 is 20.2 Å². The van der Waals surface area contributed by atoms with Crippen LogP contribution in [0.2, 0.25) is 5.02 Å². The molecule has 23 heavy (non-hydrogen) atoms. The summed E-state index contributed by atoms with van der Waals surface area (Å²) in [5.74, 6) is 0.0000160. The minimum absolute atomic E-state index is 0.0333. The van der Waals surface area contributed by atoms with Crippen LogP contribution in [-0.4, -0.2) is 29.2 Å². The highest BCUT2D eigenvalue weighted by atomic mass is 35.5. The molecule has 1 saturated carbocycles. The number of nitrogens with one attached hydrogen (secondary N) is 2. The van der Waals surface area contributed by atoms with Crippen LogP contribution in [0.15, 0.2) is 28.7 Å². The molecular weight excluding hydrogens is 320 g/mol. The van der Waals surface area contributed by atoms with E-state index in [9.17, 15) is 9.59 Å². The molecular formula is C16H17ClN2O4. The van der Waals surface area contributed by atoms with Crippen LogP contribution >= 0.6 is 11.6 Å². The van der Waals surface area contributed by atoms with Crippen molar-refractivity contribution in [1.29, 1.82) is 0 Å². The van der Waals surface area contributed by atoms with Crippen molar-refractivity contribution < 1.29 is 19.1 Å². The van der Waals surface area contributed by atoms with Crippen molar-refractivity contribution in [3.8, 4) is 0 Å². The highest BCUT2D eigenvalue weighted by Crippen LogP contribution is 2.24. The molecule has 0 aliphatic heterocycles. The van der Waals surface area contributed by atoms with Crippen molar-refractivity contribution in [3.63, 3.8) is 0 Å². The van der Waals surface area contributed by atoms with E-state index >= 15 is 0 Å². The Morgan fingerprint density at radius 2 is 1.74 bits per heavy atom. The number of carboxylic acid groups (broad SMARTS) is 1. The summed E-state index contributed by atoms with van der Waals surface area (Å²) in [4.78, 5) is 22.9. The fraction of sp³-hybridized carbons (Fsp3) is 0.375. The maximum atomic E-state index is 12.3. The average Bonchev–Trinajstić information content (AvgIpc) is 2.92. The van der Waals surface area contributed by atoms with Crippen molar-refractivity contribution in [3.05, 3.63) is 35.0 Å². The van der Waals surface area contributed by atoms with E-state index in [-0.39, 0.29) is 23.8 Å². The van der Waals surface area contributed by atoms with Gasteiger partial charge in [0.2, 0.25) is 0 Å². The summed E-state index contributed by atoms with van der Waals surface area (Å²) in [5.41, 5.74) is 0.619. The van der Waals surface area contributed by atoms with Crippen molar-refractivity contribution in [2.75, 3.05) is 0 Å². The van der Waals surface area contributed by atoms with Gasteiger partial charge in [0.05, 0.1) is 0 Å². The smallest absolute Gasteiger partial charge is 0.404 e. The van der Waals surface area contributed by atoms with Crippen LogP contribution < -0.4 is 10.6 Å². The zero-order chi connectivity index (χ0) is 16.4. The summed E-state index contributed by atoms with van der Waals surface area (Å²) >= 11 is 5.92. The fourth-order valence-electron chi connectivity index (χ4n) is 2.94. The number of furan rings is 1. The molecule has 1 aromatic heterocycles. The van der Waals surface area contributed by atoms with E-state index in [1.165, 1.54) is 0 Å². The lowest BCUT2D eigenvalue weighted by atomic mass is 9.91. The monoisotopic (exact) mass is 336 g/mol. The Morgan fingerprint density at radius 1 is 1.09 bits per heavy atom. The van der Waals surface area contributed by atoms with Gasteiger partial charge in [-0.2, -0.15) is 0 Å². The molecule has 1 fully saturated rings. The number of halogens is 1. The Balaban J connectivity index is 1.59. The largest absolute Gasteiger partial charge is 0.465 e. The van der Waals surface area contributed by atoms with Gasteiger partial charge in [-0.1, -0.05) is 11.6 Å². The molecule has 122 valence electrons. The number of carbonyl (C=O) groups is 2. The minimum atomic E-state index is -1.00. The SMILES string of the molecule is O=C(O)NC1CCC(NC(=O)c2cc3cc(Cl)ccc3o2)CC1. The maximum absolute atomic E-state index is 12.3. The van der Waals surface area contributed by atoms with Crippen LogP contribution in [0.3, 0.4) is 0 Å². The molecule has 0 atom stereocenters. The first-order valence-electron chi connectivity index (χ1n) is 7.50. The predicted molar refractivity (Wildman–Crippen MR) is 85.9 cm³/mol. The quantitative estimate of drug-likeness (QED) is 0.801. The molecule has 1 aliphatic carbocycles. The Kier molecular flexibility index (Phi) is 4.43. The molecule has 1 aliphatic rings. The Bertz CT molecular complexity index is 735. The summed E-state index contributed by atoms with van der Waals surface area (Å²) in [7, 11) is 0. The molecule has 3 N–H and O–H groups in total. The Labute approximate surface area is 137 Å². The molecule has 6 nitrogen and oxygen atoms in total. The van der Waals surface area contributed by atoms with E-state index in [0.29, 0.717) is 23.4 Å². The number of amides is 2. The van der Waals surface area contributed by atoms with E-state index < -0.39 is 6.09 Å². The average molecular weight is 337 g/mol. The topological polar surface area (TPSA) is 91.6 Å². The fourth-order valence-corrected chi connectivity index (χ4v) is 3.12. The maximum Gasteiger partial charge on any atom is 0.404 e. The third-order valence-electron chi connectivity index (χ3n) is 4.09. The number of hydrogen-bond donors (Lipinski definition) is 3. The van der Waals surface area contributed by atoms with E-state index in [1.54, 1.807) is 24.3 Å². The highest BCUT2D eigenvalue weighted by molar-refractivity contribution is 6.31. The van der Waals surface area contributed by atoms with Crippen LogP contribution in [0.4, 0.5) is 4.79 Å². The molecule has 2 aromatic rings. The number of carbonyl (C=O) groups excluding carboxylic acids is 1. The van der Waals surface area contributed by atoms with E-state index in [4.69, 9.17) is 21.1 Å². The van der Waals surface area contributed by atoms with Gasteiger partial charge in [0.15, 0.2) is 5.76 Å². The second kappa shape index (κ2) is 6.50. The normalized spacial score (nSPS) is 21.1. The lowest BCUT2D eigenvalue weighted by Gasteiger charge is -2.28. The standard InChI is InChI=1S/C16H17ClN2O4/c17-10-1-6-13-9(7-10)8-14(23-13)15(20)18-11-2-4-12(5-3-11)19-16(21)22/h1,6-8,11-12,19H,2-5H2,(H,18,20)(H,21,22). The Morgan fingerprint density at radius 3 is 2.39 bits per heavy atom. The summed E-state index contributed by atoms with van der Waals surface area (Å²) in [5, 5.41) is 15.5. The molecule has 0 bridgehead atoms. The van der Waals surface area contributed by atoms with Crippen LogP contribution in [0.1, 0.15) is 36.2 Å². The second-order valence-corrected chi connectivity index (χ2v) is 6.20. The summed E-state index contributed by atoms with van der Waals surface area (Å²) in [6.45, 7) is 0. The third kappa shape index (κ3) is 3.76. The van der Waals surface area contributed by atoms with E-state index in [1.807, 2.05) is 0 Å². The van der Waals surface area contributed by atoms with Gasteiger partial charge >= 0.3 is 6.09 Å². The first-order chi connectivity index (χ1) is 11.0. The molecule has 1 aromatic carbocycles. The van der Waals surface area contributed by atoms with Crippen molar-refractivity contribution in [2.45, 2.75) is 37.8 Å². The first kappa shape index (κ1) is 15.7. The zero-order valence-corrected chi connectivity index (χ0v) is 13.1. The number of fused-ring (bicyclic) bond motifs is 1. The van der Waals surface area contributed by atoms with Gasteiger partial charge in [-0.3, -0.25) is 4.79 Å². The van der Waals surface area contributed by atoms with Gasteiger partial charge in [-0.15, -0.1) is 0 Å². The molecule has 3 rings (SSSR count). The predicted octanol–water partition coefficient (Wildman–Crippen LogP) is 3.39. The summed E-state index contributed by atoms with van der Waals surface area (Å²) in [6, 6.07) is 6.87. The number of hydrogen-bond acceptors (Lipinski definition) is 3. The summed E-state index contributed by atoms with van der Waals surface area (Å²) < 4.78 is 5.54. The minimum Gasteiger partial charge on any atom is -0.465 e. The third-order valence-corrected chi connectivity index (χ3v) is 4.33. The molecule has 1 heterocycles. The lowest BCUT2D eigenvalue weighted by molar-refractivity contribution is 0.0897. The van der Waals surface area contributed by atoms with Gasteiger partial charge in [0, 0.05) is 22.5 Å². The molecule has 0 saturated heterocycles. The van der Waals surface area contributed by atoms with Crippen molar-refractivity contribution in [2.24, 2.45) is 0 Å². The van der Waals surface area contributed by atoms with Crippen LogP contribution in [-0.2, 0) is 0 Å². The Hall–Kier alpha value is -2.21. The van der Waals surface area contributed by atoms with Crippen molar-refractivity contribution >= 4 is 34.6 Å². The lowest BCUT2D eigenvalue weighted by Crippen LogP contribution is -2.43. The molecule has 0 radical (unpaired) electrons. The van der Waals surface area contributed by atoms with Gasteiger partial charge in [-0.05, 0) is 49.9 Å². The highest BCUT2D eigenvalue weighted by Gasteiger charge is 2.24.